The van der Waals surface area contributed by atoms with Crippen LogP contribution in [0.3, 0.4) is 0 Å². The number of carbonyl (C=O) groups excluding carboxylic acids is 1. The molecule has 0 radical (unpaired) electrons. The van der Waals surface area contributed by atoms with Gasteiger partial charge in [-0.05, 0) is 43.2 Å². The minimum atomic E-state index is -0.102. The Hall–Kier alpha value is -2.44. The van der Waals surface area contributed by atoms with Gasteiger partial charge < -0.3 is 19.4 Å². The summed E-state index contributed by atoms with van der Waals surface area (Å²) >= 11 is 12.1. The molecule has 1 aliphatic rings. The van der Waals surface area contributed by atoms with Crippen LogP contribution in [0.25, 0.3) is 11.1 Å². The third-order valence-corrected chi connectivity index (χ3v) is 5.25. The summed E-state index contributed by atoms with van der Waals surface area (Å²) in [6.07, 6.45) is 1.79. The molecule has 1 aliphatic heterocycles. The van der Waals surface area contributed by atoms with Crippen LogP contribution in [0, 0.1) is 0 Å². The summed E-state index contributed by atoms with van der Waals surface area (Å²) in [5, 5.41) is 4.39. The first kappa shape index (κ1) is 18.9. The highest BCUT2D eigenvalue weighted by molar-refractivity contribution is 6.31. The Bertz CT molecular complexity index is 1020. The first-order valence-corrected chi connectivity index (χ1v) is 9.74. The molecule has 1 atom stereocenters. The van der Waals surface area contributed by atoms with E-state index in [0.717, 1.165) is 18.4 Å². The van der Waals surface area contributed by atoms with Gasteiger partial charge in [-0.25, -0.2) is 0 Å². The number of carbonyl (C=O) groups is 1. The normalized spacial score (nSPS) is 17.0. The molecule has 1 fully saturated rings. The highest BCUT2D eigenvalue weighted by Crippen LogP contribution is 2.27. The number of likely N-dealkylation sites (tertiary alicyclic amines) is 1. The summed E-state index contributed by atoms with van der Waals surface area (Å²) < 4.78 is 11.1. The van der Waals surface area contributed by atoms with Crippen LogP contribution in [0.15, 0.2) is 40.8 Å². The zero-order chi connectivity index (χ0) is 19.7. The fourth-order valence-electron chi connectivity index (χ4n) is 3.43. The van der Waals surface area contributed by atoms with Crippen LogP contribution >= 0.6 is 23.2 Å². The van der Waals surface area contributed by atoms with Crippen molar-refractivity contribution in [1.29, 1.82) is 0 Å². The number of methoxy groups -OCH3 is 1. The van der Waals surface area contributed by atoms with Crippen LogP contribution < -0.4 is 10.1 Å². The summed E-state index contributed by atoms with van der Waals surface area (Å²) in [6.45, 7) is 1.21. The van der Waals surface area contributed by atoms with Crippen molar-refractivity contribution in [2.45, 2.75) is 18.9 Å². The molecule has 0 saturated carbocycles. The van der Waals surface area contributed by atoms with Gasteiger partial charge in [-0.1, -0.05) is 23.2 Å². The number of aromatic nitrogens is 1. The van der Waals surface area contributed by atoms with E-state index in [2.05, 4.69) is 10.3 Å². The number of amides is 1. The van der Waals surface area contributed by atoms with Gasteiger partial charge in [0.25, 0.3) is 11.9 Å². The zero-order valence-electron chi connectivity index (χ0n) is 15.2. The SMILES string of the molecule is COc1ccc(Cl)cc1C(=O)N1CCCC(Nc2nc3ccc(Cl)cc3o2)C1. The molecule has 146 valence electrons. The van der Waals surface area contributed by atoms with Gasteiger partial charge in [0.15, 0.2) is 5.58 Å². The van der Waals surface area contributed by atoms with E-state index in [-0.39, 0.29) is 11.9 Å². The summed E-state index contributed by atoms with van der Waals surface area (Å²) in [5.74, 6) is 0.413. The minimum Gasteiger partial charge on any atom is -0.496 e. The third kappa shape index (κ3) is 3.88. The highest BCUT2D eigenvalue weighted by atomic mass is 35.5. The number of nitrogens with zero attached hydrogens (tertiary/aromatic N) is 2. The van der Waals surface area contributed by atoms with E-state index < -0.39 is 0 Å². The summed E-state index contributed by atoms with van der Waals surface area (Å²) in [4.78, 5) is 19.3. The maximum absolute atomic E-state index is 13.0. The van der Waals surface area contributed by atoms with Crippen molar-refractivity contribution >= 4 is 46.2 Å². The van der Waals surface area contributed by atoms with E-state index >= 15 is 0 Å². The van der Waals surface area contributed by atoms with Crippen molar-refractivity contribution in [3.63, 3.8) is 0 Å². The molecule has 0 spiro atoms. The smallest absolute Gasteiger partial charge is 0.295 e. The van der Waals surface area contributed by atoms with Gasteiger partial charge in [-0.2, -0.15) is 4.98 Å². The Morgan fingerprint density at radius 3 is 2.86 bits per heavy atom. The second-order valence-corrected chi connectivity index (χ2v) is 7.58. The Morgan fingerprint density at radius 2 is 2.04 bits per heavy atom. The number of hydrogen-bond donors (Lipinski definition) is 1. The van der Waals surface area contributed by atoms with Crippen LogP contribution in [0.4, 0.5) is 6.01 Å². The lowest BCUT2D eigenvalue weighted by molar-refractivity contribution is 0.0710. The number of ether oxygens (including phenoxy) is 1. The van der Waals surface area contributed by atoms with Crippen LogP contribution in [-0.4, -0.2) is 42.0 Å². The van der Waals surface area contributed by atoms with Crippen LogP contribution in [0.5, 0.6) is 5.75 Å². The number of benzene rings is 2. The lowest BCUT2D eigenvalue weighted by Crippen LogP contribution is -2.45. The third-order valence-electron chi connectivity index (χ3n) is 4.78. The molecule has 1 saturated heterocycles. The number of oxazole rings is 1. The van der Waals surface area contributed by atoms with Crippen molar-refractivity contribution in [3.05, 3.63) is 52.0 Å². The molecule has 0 aliphatic carbocycles. The van der Waals surface area contributed by atoms with Crippen molar-refractivity contribution in [3.8, 4) is 5.75 Å². The predicted molar refractivity (Wildman–Crippen MR) is 110 cm³/mol. The number of rotatable bonds is 4. The Morgan fingerprint density at radius 1 is 1.25 bits per heavy atom. The number of anilines is 1. The highest BCUT2D eigenvalue weighted by Gasteiger charge is 2.27. The maximum Gasteiger partial charge on any atom is 0.295 e. The van der Waals surface area contributed by atoms with E-state index in [1.807, 2.05) is 6.07 Å². The Balaban J connectivity index is 1.49. The van der Waals surface area contributed by atoms with E-state index in [9.17, 15) is 4.79 Å². The standard InChI is InChI=1S/C20H19Cl2N3O3/c1-27-17-7-5-12(21)9-15(17)19(26)25-8-2-3-14(11-25)23-20-24-16-6-4-13(22)10-18(16)28-20/h4-7,9-10,14H,2-3,8,11H2,1H3,(H,23,24). The summed E-state index contributed by atoms with van der Waals surface area (Å²) in [7, 11) is 1.54. The molecule has 1 unspecified atom stereocenters. The van der Waals surface area contributed by atoms with Crippen molar-refractivity contribution < 1.29 is 13.9 Å². The largest absolute Gasteiger partial charge is 0.496 e. The monoisotopic (exact) mass is 419 g/mol. The minimum absolute atomic E-state index is 0.0337. The number of fused-ring (bicyclic) bond motifs is 1. The number of piperidine rings is 1. The first-order chi connectivity index (χ1) is 13.5. The van der Waals surface area contributed by atoms with Crippen LogP contribution in [0.1, 0.15) is 23.2 Å². The molecule has 28 heavy (non-hydrogen) atoms. The average molecular weight is 420 g/mol. The molecule has 1 N–H and O–H groups in total. The van der Waals surface area contributed by atoms with E-state index in [1.165, 1.54) is 0 Å². The molecular formula is C20H19Cl2N3O3. The second-order valence-electron chi connectivity index (χ2n) is 6.71. The van der Waals surface area contributed by atoms with Gasteiger partial charge in [0.2, 0.25) is 0 Å². The quantitative estimate of drug-likeness (QED) is 0.653. The van der Waals surface area contributed by atoms with Gasteiger partial charge in [0.1, 0.15) is 11.3 Å². The van der Waals surface area contributed by atoms with Gasteiger partial charge in [-0.3, -0.25) is 4.79 Å². The number of nitrogens with one attached hydrogen (secondary N) is 1. The van der Waals surface area contributed by atoms with E-state index in [4.69, 9.17) is 32.4 Å². The topological polar surface area (TPSA) is 67.6 Å². The number of hydrogen-bond acceptors (Lipinski definition) is 5. The predicted octanol–water partition coefficient (Wildman–Crippen LogP) is 4.86. The lowest BCUT2D eigenvalue weighted by Gasteiger charge is -2.33. The van der Waals surface area contributed by atoms with Gasteiger partial charge >= 0.3 is 0 Å². The summed E-state index contributed by atoms with van der Waals surface area (Å²) in [6, 6.07) is 10.8. The van der Waals surface area contributed by atoms with E-state index in [1.54, 1.807) is 42.3 Å². The molecule has 3 aromatic rings. The molecule has 2 heterocycles. The molecule has 4 rings (SSSR count). The van der Waals surface area contributed by atoms with Gasteiger partial charge in [-0.15, -0.1) is 0 Å². The molecular weight excluding hydrogens is 401 g/mol. The van der Waals surface area contributed by atoms with E-state index in [0.29, 0.717) is 46.0 Å². The fraction of sp³-hybridized carbons (Fsp3) is 0.300. The molecule has 2 aromatic carbocycles. The van der Waals surface area contributed by atoms with Crippen molar-refractivity contribution in [1.82, 2.24) is 9.88 Å². The van der Waals surface area contributed by atoms with Crippen LogP contribution in [-0.2, 0) is 0 Å². The lowest BCUT2D eigenvalue weighted by atomic mass is 10.0. The Labute approximate surface area is 172 Å². The molecule has 0 bridgehead atoms. The molecule has 1 amide bonds. The molecule has 6 nitrogen and oxygen atoms in total. The molecule has 8 heteroatoms. The second kappa shape index (κ2) is 7.89. The van der Waals surface area contributed by atoms with Crippen LogP contribution in [0.2, 0.25) is 10.0 Å². The first-order valence-electron chi connectivity index (χ1n) is 8.99. The van der Waals surface area contributed by atoms with Gasteiger partial charge in [0, 0.05) is 35.2 Å². The Kier molecular flexibility index (Phi) is 5.33. The van der Waals surface area contributed by atoms with Crippen molar-refractivity contribution in [2.24, 2.45) is 0 Å². The zero-order valence-corrected chi connectivity index (χ0v) is 16.8. The van der Waals surface area contributed by atoms with Crippen molar-refractivity contribution in [2.75, 3.05) is 25.5 Å². The fourth-order valence-corrected chi connectivity index (χ4v) is 3.77. The maximum atomic E-state index is 13.0. The van der Waals surface area contributed by atoms with Gasteiger partial charge in [0.05, 0.1) is 12.7 Å². The molecule has 1 aromatic heterocycles. The number of halogens is 2. The summed E-state index contributed by atoms with van der Waals surface area (Å²) in [5.41, 5.74) is 1.83. The average Bonchev–Trinajstić information content (AvgIpc) is 3.08.